The Hall–Kier alpha value is -3.17. The summed E-state index contributed by atoms with van der Waals surface area (Å²) in [6.07, 6.45) is 4.31. The van der Waals surface area contributed by atoms with E-state index in [1.165, 1.54) is 22.7 Å². The molecule has 1 amide bonds. The number of hydrazone groups is 1. The highest BCUT2D eigenvalue weighted by molar-refractivity contribution is 7.80. The first-order chi connectivity index (χ1) is 18.0. The topological polar surface area (TPSA) is 63.5 Å². The standard InChI is InChI=1S/C28H35FN6OS/c1-2-6-26-25(27(36)35(32-26)24-11-9-23(29)10-12-24)21-30-15-16-33-17-19-34(20-18-33)28(37)31-14-13-22-7-4-3-5-8-22/h3-5,7-12,21,25H,2,6,13-20H2,1H3,(H,31,37). The molecule has 2 heterocycles. The molecule has 0 aliphatic carbocycles. The second kappa shape index (κ2) is 13.4. The predicted molar refractivity (Wildman–Crippen MR) is 152 cm³/mol. The van der Waals surface area contributed by atoms with Crippen LogP contribution in [0.15, 0.2) is 64.7 Å². The van der Waals surface area contributed by atoms with E-state index < -0.39 is 5.92 Å². The number of rotatable bonds is 10. The molecular formula is C28H35FN6OS. The summed E-state index contributed by atoms with van der Waals surface area (Å²) >= 11 is 5.60. The quantitative estimate of drug-likeness (QED) is 0.380. The van der Waals surface area contributed by atoms with E-state index in [9.17, 15) is 9.18 Å². The van der Waals surface area contributed by atoms with Crippen LogP contribution < -0.4 is 10.3 Å². The number of carbonyl (C=O) groups excluding carboxylic acids is 1. The van der Waals surface area contributed by atoms with Gasteiger partial charge in [-0.3, -0.25) is 14.7 Å². The summed E-state index contributed by atoms with van der Waals surface area (Å²) in [5.74, 6) is -0.935. The van der Waals surface area contributed by atoms with Crippen molar-refractivity contribution in [3.8, 4) is 0 Å². The minimum Gasteiger partial charge on any atom is -0.362 e. The predicted octanol–water partition coefficient (Wildman–Crippen LogP) is 3.75. The van der Waals surface area contributed by atoms with Gasteiger partial charge in [-0.05, 0) is 54.9 Å². The molecule has 1 saturated heterocycles. The van der Waals surface area contributed by atoms with Gasteiger partial charge in [0.25, 0.3) is 5.91 Å². The van der Waals surface area contributed by atoms with Gasteiger partial charge in [0.15, 0.2) is 5.11 Å². The third-order valence-corrected chi connectivity index (χ3v) is 7.03. The number of benzene rings is 2. The maximum Gasteiger partial charge on any atom is 0.261 e. The Morgan fingerprint density at radius 1 is 1.11 bits per heavy atom. The first kappa shape index (κ1) is 26.9. The Balaban J connectivity index is 1.19. The maximum absolute atomic E-state index is 13.3. The van der Waals surface area contributed by atoms with Gasteiger partial charge < -0.3 is 10.2 Å². The summed E-state index contributed by atoms with van der Waals surface area (Å²) in [5, 5.41) is 10.1. The van der Waals surface area contributed by atoms with Crippen molar-refractivity contribution in [3.63, 3.8) is 0 Å². The molecule has 0 aromatic heterocycles. The summed E-state index contributed by atoms with van der Waals surface area (Å²) in [6.45, 7) is 7.99. The van der Waals surface area contributed by atoms with Crippen molar-refractivity contribution in [1.29, 1.82) is 0 Å². The second-order valence-corrected chi connectivity index (χ2v) is 9.68. The van der Waals surface area contributed by atoms with Crippen molar-refractivity contribution >= 4 is 40.9 Å². The van der Waals surface area contributed by atoms with Crippen molar-refractivity contribution in [3.05, 3.63) is 66.0 Å². The van der Waals surface area contributed by atoms with E-state index in [1.807, 2.05) is 6.07 Å². The smallest absolute Gasteiger partial charge is 0.261 e. The molecule has 37 heavy (non-hydrogen) atoms. The van der Waals surface area contributed by atoms with Gasteiger partial charge >= 0.3 is 0 Å². The lowest BCUT2D eigenvalue weighted by molar-refractivity contribution is -0.118. The van der Waals surface area contributed by atoms with Crippen LogP contribution >= 0.6 is 12.2 Å². The molecule has 1 N–H and O–H groups in total. The van der Waals surface area contributed by atoms with E-state index in [0.717, 1.165) is 69.4 Å². The lowest BCUT2D eigenvalue weighted by Crippen LogP contribution is -2.52. The van der Waals surface area contributed by atoms with Crippen LogP contribution in [-0.4, -0.2) is 78.6 Å². The Labute approximate surface area is 224 Å². The van der Waals surface area contributed by atoms with Gasteiger partial charge in [0.05, 0.1) is 17.9 Å². The molecule has 2 aromatic rings. The van der Waals surface area contributed by atoms with Gasteiger partial charge in [-0.1, -0.05) is 43.7 Å². The normalized spacial score (nSPS) is 18.5. The highest BCUT2D eigenvalue weighted by Gasteiger charge is 2.34. The second-order valence-electron chi connectivity index (χ2n) is 9.30. The molecule has 4 rings (SSSR count). The van der Waals surface area contributed by atoms with Crippen LogP contribution in [0.4, 0.5) is 10.1 Å². The zero-order valence-electron chi connectivity index (χ0n) is 21.4. The van der Waals surface area contributed by atoms with Crippen LogP contribution in [-0.2, 0) is 11.2 Å². The molecule has 0 radical (unpaired) electrons. The summed E-state index contributed by atoms with van der Waals surface area (Å²) in [4.78, 5) is 22.2. The molecule has 7 nitrogen and oxygen atoms in total. The summed E-state index contributed by atoms with van der Waals surface area (Å²) in [7, 11) is 0. The minimum atomic E-state index is -0.457. The first-order valence-electron chi connectivity index (χ1n) is 13.0. The number of aliphatic imine (C=N–C) groups is 1. The van der Waals surface area contributed by atoms with Gasteiger partial charge in [-0.25, -0.2) is 4.39 Å². The molecule has 2 aliphatic heterocycles. The van der Waals surface area contributed by atoms with Gasteiger partial charge in [0, 0.05) is 45.5 Å². The van der Waals surface area contributed by atoms with Crippen molar-refractivity contribution in [2.24, 2.45) is 16.0 Å². The van der Waals surface area contributed by atoms with Crippen LogP contribution in [0.25, 0.3) is 0 Å². The number of hydrogen-bond donors (Lipinski definition) is 1. The number of nitrogens with one attached hydrogen (secondary N) is 1. The summed E-state index contributed by atoms with van der Waals surface area (Å²) in [5.41, 5.74) is 2.68. The van der Waals surface area contributed by atoms with E-state index in [4.69, 9.17) is 12.2 Å². The number of carbonyl (C=O) groups is 1. The van der Waals surface area contributed by atoms with E-state index in [2.05, 4.69) is 56.4 Å². The minimum absolute atomic E-state index is 0.138. The number of amides is 1. The molecule has 0 spiro atoms. The van der Waals surface area contributed by atoms with Gasteiger partial charge in [-0.15, -0.1) is 0 Å². The van der Waals surface area contributed by atoms with Crippen molar-refractivity contribution < 1.29 is 9.18 Å². The molecule has 0 bridgehead atoms. The zero-order valence-corrected chi connectivity index (χ0v) is 22.2. The maximum atomic E-state index is 13.3. The van der Waals surface area contributed by atoms with E-state index >= 15 is 0 Å². The molecule has 1 unspecified atom stereocenters. The van der Waals surface area contributed by atoms with Crippen LogP contribution in [0.5, 0.6) is 0 Å². The Morgan fingerprint density at radius 3 is 2.54 bits per heavy atom. The SMILES string of the molecule is CCCC1=NN(c2ccc(F)cc2)C(=O)C1C=NCCN1CCN(C(=S)NCCc2ccccc2)CC1. The Bertz CT molecular complexity index is 1100. The van der Waals surface area contributed by atoms with E-state index in [0.29, 0.717) is 12.2 Å². The summed E-state index contributed by atoms with van der Waals surface area (Å²) in [6, 6.07) is 16.2. The first-order valence-corrected chi connectivity index (χ1v) is 13.4. The van der Waals surface area contributed by atoms with Crippen molar-refractivity contribution in [2.75, 3.05) is 50.8 Å². The highest BCUT2D eigenvalue weighted by Crippen LogP contribution is 2.25. The van der Waals surface area contributed by atoms with Gasteiger partial charge in [0.2, 0.25) is 0 Å². The number of halogens is 1. The average Bonchev–Trinajstić information content (AvgIpc) is 3.23. The van der Waals surface area contributed by atoms with Crippen molar-refractivity contribution in [2.45, 2.75) is 26.2 Å². The fourth-order valence-electron chi connectivity index (χ4n) is 4.52. The molecule has 196 valence electrons. The number of thiocarbonyl (C=S) groups is 1. The van der Waals surface area contributed by atoms with E-state index in [-0.39, 0.29) is 11.7 Å². The molecule has 9 heteroatoms. The van der Waals surface area contributed by atoms with Gasteiger partial charge in [-0.2, -0.15) is 10.1 Å². The molecule has 1 fully saturated rings. The third-order valence-electron chi connectivity index (χ3n) is 6.63. The number of piperazine rings is 1. The zero-order chi connectivity index (χ0) is 26.0. The molecule has 2 aliphatic rings. The lowest BCUT2D eigenvalue weighted by Gasteiger charge is -2.36. The van der Waals surface area contributed by atoms with Crippen molar-refractivity contribution in [1.82, 2.24) is 15.1 Å². The average molecular weight is 523 g/mol. The fourth-order valence-corrected chi connectivity index (χ4v) is 4.80. The number of hydrogen-bond acceptors (Lipinski definition) is 5. The molecule has 1 atom stereocenters. The van der Waals surface area contributed by atoms with Crippen LogP contribution in [0.1, 0.15) is 25.3 Å². The molecule has 0 saturated carbocycles. The van der Waals surface area contributed by atoms with Crippen LogP contribution in [0.3, 0.4) is 0 Å². The number of anilines is 1. The number of nitrogens with zero attached hydrogens (tertiary/aromatic N) is 5. The third kappa shape index (κ3) is 7.42. The fraction of sp³-hybridized carbons (Fsp3) is 0.429. The molecular weight excluding hydrogens is 487 g/mol. The Morgan fingerprint density at radius 2 is 1.84 bits per heavy atom. The highest BCUT2D eigenvalue weighted by atomic mass is 32.1. The molecule has 2 aromatic carbocycles. The van der Waals surface area contributed by atoms with E-state index in [1.54, 1.807) is 18.3 Å². The Kier molecular flexibility index (Phi) is 9.73. The van der Waals surface area contributed by atoms with Crippen LogP contribution in [0, 0.1) is 11.7 Å². The lowest BCUT2D eigenvalue weighted by atomic mass is 10.0. The van der Waals surface area contributed by atoms with Crippen LogP contribution in [0.2, 0.25) is 0 Å². The summed E-state index contributed by atoms with van der Waals surface area (Å²) < 4.78 is 13.3. The largest absolute Gasteiger partial charge is 0.362 e. The monoisotopic (exact) mass is 522 g/mol. The van der Waals surface area contributed by atoms with Gasteiger partial charge in [0.1, 0.15) is 11.7 Å².